The van der Waals surface area contributed by atoms with Gasteiger partial charge in [-0.1, -0.05) is 23.2 Å². The molecule has 0 fully saturated rings. The molecule has 0 aliphatic rings. The van der Waals surface area contributed by atoms with Crippen LogP contribution in [0.15, 0.2) is 48.5 Å². The van der Waals surface area contributed by atoms with Gasteiger partial charge in [-0.25, -0.2) is 0 Å². The van der Waals surface area contributed by atoms with Crippen molar-refractivity contribution in [1.82, 2.24) is 10.2 Å². The zero-order valence-corrected chi connectivity index (χ0v) is 17.4. The quantitative estimate of drug-likeness (QED) is 0.445. The van der Waals surface area contributed by atoms with Gasteiger partial charge in [-0.2, -0.15) is 0 Å². The van der Waals surface area contributed by atoms with Crippen molar-refractivity contribution < 1.29 is 0 Å². The van der Waals surface area contributed by atoms with E-state index in [0.29, 0.717) is 20.3 Å². The fourth-order valence-corrected chi connectivity index (χ4v) is 2.76. The third kappa shape index (κ3) is 7.33. The molecule has 0 radical (unpaired) electrons. The average Bonchev–Trinajstić information content (AvgIpc) is 2.62. The fraction of sp³-hybridized carbons (Fsp3) is 0.222. The summed E-state index contributed by atoms with van der Waals surface area (Å²) in [5, 5.41) is 12.1. The van der Waals surface area contributed by atoms with E-state index in [2.05, 4.69) is 16.0 Å². The summed E-state index contributed by atoms with van der Waals surface area (Å²) in [6, 6.07) is 14.8. The number of halogens is 2. The lowest BCUT2D eigenvalue weighted by Gasteiger charge is -2.21. The Hall–Kier alpha value is -1.60. The minimum atomic E-state index is 0.580. The van der Waals surface area contributed by atoms with E-state index in [1.165, 1.54) is 0 Å². The molecule has 0 atom stereocenters. The summed E-state index contributed by atoms with van der Waals surface area (Å²) in [6.45, 7) is 1.54. The average molecular weight is 427 g/mol. The third-order valence-electron chi connectivity index (χ3n) is 3.50. The number of benzene rings is 2. The van der Waals surface area contributed by atoms with Crippen molar-refractivity contribution in [2.24, 2.45) is 0 Å². The summed E-state index contributed by atoms with van der Waals surface area (Å²) in [5.41, 5.74) is 1.81. The summed E-state index contributed by atoms with van der Waals surface area (Å²) >= 11 is 22.4. The highest BCUT2D eigenvalue weighted by Crippen LogP contribution is 2.14. The van der Waals surface area contributed by atoms with Crippen LogP contribution < -0.4 is 16.0 Å². The van der Waals surface area contributed by atoms with Crippen LogP contribution in [0.3, 0.4) is 0 Å². The van der Waals surface area contributed by atoms with Gasteiger partial charge in [0.2, 0.25) is 0 Å². The van der Waals surface area contributed by atoms with Crippen molar-refractivity contribution in [3.05, 3.63) is 58.6 Å². The van der Waals surface area contributed by atoms with Gasteiger partial charge < -0.3 is 20.9 Å². The number of nitrogens with zero attached hydrogens (tertiary/aromatic N) is 1. The van der Waals surface area contributed by atoms with Crippen LogP contribution in [0, 0.1) is 0 Å². The molecule has 8 heteroatoms. The van der Waals surface area contributed by atoms with E-state index in [1.807, 2.05) is 60.5 Å². The highest BCUT2D eigenvalue weighted by molar-refractivity contribution is 7.80. The largest absolute Gasteiger partial charge is 0.362 e. The fourth-order valence-electron chi connectivity index (χ4n) is 2.08. The molecule has 2 rings (SSSR count). The summed E-state index contributed by atoms with van der Waals surface area (Å²) in [5.74, 6) is 0. The first kappa shape index (κ1) is 20.7. The molecule has 0 heterocycles. The maximum atomic E-state index is 5.88. The predicted octanol–water partition coefficient (Wildman–Crippen LogP) is 5.00. The summed E-state index contributed by atoms with van der Waals surface area (Å²) in [4.78, 5) is 1.99. The van der Waals surface area contributed by atoms with Crippen molar-refractivity contribution in [3.63, 3.8) is 0 Å². The molecule has 0 aliphatic heterocycles. The molecule has 26 heavy (non-hydrogen) atoms. The van der Waals surface area contributed by atoms with Crippen LogP contribution in [-0.4, -0.2) is 35.3 Å². The molecule has 0 aromatic heterocycles. The lowest BCUT2D eigenvalue weighted by molar-refractivity contribution is 0.493. The molecule has 0 saturated carbocycles. The number of thiocarbonyl (C=S) groups is 2. The molecule has 0 spiro atoms. The smallest absolute Gasteiger partial charge is 0.173 e. The number of rotatable bonds is 6. The Morgan fingerprint density at radius 3 is 1.92 bits per heavy atom. The second-order valence-electron chi connectivity index (χ2n) is 5.60. The topological polar surface area (TPSA) is 39.3 Å². The Balaban J connectivity index is 1.65. The van der Waals surface area contributed by atoms with Gasteiger partial charge in [0.1, 0.15) is 0 Å². The van der Waals surface area contributed by atoms with Gasteiger partial charge in [-0.3, -0.25) is 0 Å². The standard InChI is InChI=1S/C18H20Cl2N4S2/c1-24(18(26)23-16-9-5-14(20)6-10-16)12-2-11-21-17(25)22-15-7-3-13(19)4-8-15/h3-10H,2,11-12H2,1H3,(H,23,26)(H2,21,22,25). The maximum Gasteiger partial charge on any atom is 0.173 e. The second kappa shape index (κ2) is 10.5. The van der Waals surface area contributed by atoms with E-state index < -0.39 is 0 Å². The van der Waals surface area contributed by atoms with Crippen molar-refractivity contribution in [1.29, 1.82) is 0 Å². The van der Waals surface area contributed by atoms with E-state index in [9.17, 15) is 0 Å². The van der Waals surface area contributed by atoms with Gasteiger partial charge >= 0.3 is 0 Å². The van der Waals surface area contributed by atoms with Crippen molar-refractivity contribution in [2.75, 3.05) is 30.8 Å². The van der Waals surface area contributed by atoms with Crippen LogP contribution in [0.2, 0.25) is 10.0 Å². The molecule has 0 aliphatic carbocycles. The van der Waals surface area contributed by atoms with E-state index >= 15 is 0 Å². The van der Waals surface area contributed by atoms with E-state index in [0.717, 1.165) is 30.9 Å². The van der Waals surface area contributed by atoms with Crippen LogP contribution in [0.4, 0.5) is 11.4 Å². The first-order valence-corrected chi connectivity index (χ1v) is 9.59. The number of nitrogens with one attached hydrogen (secondary N) is 3. The second-order valence-corrected chi connectivity index (χ2v) is 7.27. The van der Waals surface area contributed by atoms with Crippen LogP contribution in [0.25, 0.3) is 0 Å². The number of hydrogen-bond acceptors (Lipinski definition) is 2. The minimum Gasteiger partial charge on any atom is -0.362 e. The highest BCUT2D eigenvalue weighted by atomic mass is 35.5. The Kier molecular flexibility index (Phi) is 8.38. The molecule has 0 amide bonds. The lowest BCUT2D eigenvalue weighted by atomic mass is 10.3. The Labute approximate surface area is 174 Å². The zero-order chi connectivity index (χ0) is 18.9. The molecule has 138 valence electrons. The normalized spacial score (nSPS) is 10.1. The SMILES string of the molecule is CN(CCCNC(=S)Nc1ccc(Cl)cc1)C(=S)Nc1ccc(Cl)cc1. The van der Waals surface area contributed by atoms with E-state index in [-0.39, 0.29) is 0 Å². The van der Waals surface area contributed by atoms with Crippen molar-refractivity contribution >= 4 is 69.2 Å². The first-order chi connectivity index (χ1) is 12.4. The Morgan fingerprint density at radius 2 is 1.38 bits per heavy atom. The maximum absolute atomic E-state index is 5.88. The van der Waals surface area contributed by atoms with Gasteiger partial charge in [-0.05, 0) is 79.4 Å². The Bertz CT molecular complexity index is 736. The van der Waals surface area contributed by atoms with Crippen LogP contribution in [-0.2, 0) is 0 Å². The zero-order valence-electron chi connectivity index (χ0n) is 14.3. The van der Waals surface area contributed by atoms with Gasteiger partial charge in [0.15, 0.2) is 10.2 Å². The molecule has 2 aromatic rings. The van der Waals surface area contributed by atoms with Crippen LogP contribution in [0.5, 0.6) is 0 Å². The molecule has 0 bridgehead atoms. The predicted molar refractivity (Wildman–Crippen MR) is 121 cm³/mol. The number of anilines is 2. The van der Waals surface area contributed by atoms with Crippen molar-refractivity contribution in [2.45, 2.75) is 6.42 Å². The van der Waals surface area contributed by atoms with Gasteiger partial charge in [0.25, 0.3) is 0 Å². The molecule has 4 nitrogen and oxygen atoms in total. The molecule has 0 saturated heterocycles. The monoisotopic (exact) mass is 426 g/mol. The van der Waals surface area contributed by atoms with Crippen LogP contribution in [0.1, 0.15) is 6.42 Å². The van der Waals surface area contributed by atoms with Crippen molar-refractivity contribution in [3.8, 4) is 0 Å². The lowest BCUT2D eigenvalue weighted by Crippen LogP contribution is -2.35. The summed E-state index contributed by atoms with van der Waals surface area (Å²) < 4.78 is 0. The first-order valence-electron chi connectivity index (χ1n) is 8.02. The van der Waals surface area contributed by atoms with Gasteiger partial charge in [0, 0.05) is 41.6 Å². The molecule has 3 N–H and O–H groups in total. The molecule has 2 aromatic carbocycles. The Morgan fingerprint density at radius 1 is 0.885 bits per heavy atom. The van der Waals surface area contributed by atoms with E-state index in [1.54, 1.807) is 0 Å². The summed E-state index contributed by atoms with van der Waals surface area (Å²) in [7, 11) is 1.95. The third-order valence-corrected chi connectivity index (χ3v) is 4.66. The molecular formula is C18H20Cl2N4S2. The molecular weight excluding hydrogens is 407 g/mol. The van der Waals surface area contributed by atoms with Gasteiger partial charge in [0.05, 0.1) is 0 Å². The molecule has 0 unspecified atom stereocenters. The summed E-state index contributed by atoms with van der Waals surface area (Å²) in [6.07, 6.45) is 0.890. The highest BCUT2D eigenvalue weighted by Gasteiger charge is 2.05. The minimum absolute atomic E-state index is 0.580. The van der Waals surface area contributed by atoms with Gasteiger partial charge in [-0.15, -0.1) is 0 Å². The van der Waals surface area contributed by atoms with E-state index in [4.69, 9.17) is 47.6 Å². The number of hydrogen-bond donors (Lipinski definition) is 3. The van der Waals surface area contributed by atoms with Crippen LogP contribution >= 0.6 is 47.6 Å².